The molecule has 3 rings (SSSR count). The number of nitrogens with one attached hydrogen (secondary N) is 2. The Balaban J connectivity index is 1.50. The van der Waals surface area contributed by atoms with Gasteiger partial charge in [-0.05, 0) is 71.8 Å². The molecule has 8 nitrogen and oxygen atoms in total. The molecule has 0 saturated heterocycles. The Kier molecular flexibility index (Phi) is 7.32. The average molecular weight is 431 g/mol. The van der Waals surface area contributed by atoms with Crippen molar-refractivity contribution in [3.63, 3.8) is 0 Å². The molecule has 0 atom stereocenters. The lowest BCUT2D eigenvalue weighted by Gasteiger charge is -2.07. The summed E-state index contributed by atoms with van der Waals surface area (Å²) in [5.74, 6) is -0.925. The van der Waals surface area contributed by atoms with Crippen LogP contribution in [0.5, 0.6) is 5.75 Å². The highest BCUT2D eigenvalue weighted by Gasteiger charge is 2.05. The molecular formula is C24H21N3O5. The van der Waals surface area contributed by atoms with Crippen molar-refractivity contribution in [1.82, 2.24) is 5.43 Å². The number of benzene rings is 3. The van der Waals surface area contributed by atoms with E-state index < -0.39 is 5.97 Å². The Morgan fingerprint density at radius 2 is 1.69 bits per heavy atom. The normalized spacial score (nSPS) is 10.5. The first-order valence-electron chi connectivity index (χ1n) is 9.67. The third kappa shape index (κ3) is 6.53. The van der Waals surface area contributed by atoms with E-state index in [-0.39, 0.29) is 24.0 Å². The molecule has 0 aliphatic rings. The van der Waals surface area contributed by atoms with Crippen LogP contribution in [0.25, 0.3) is 0 Å². The Hall–Kier alpha value is -4.46. The second-order valence-corrected chi connectivity index (χ2v) is 6.82. The molecule has 8 heteroatoms. The van der Waals surface area contributed by atoms with E-state index in [0.717, 1.165) is 11.1 Å². The first kappa shape index (κ1) is 22.2. The number of hydrazone groups is 1. The van der Waals surface area contributed by atoms with Gasteiger partial charge in [0.15, 0.2) is 0 Å². The van der Waals surface area contributed by atoms with Crippen molar-refractivity contribution in [2.45, 2.75) is 13.5 Å². The van der Waals surface area contributed by atoms with Crippen LogP contribution in [-0.2, 0) is 11.4 Å². The third-order valence-electron chi connectivity index (χ3n) is 4.31. The van der Waals surface area contributed by atoms with Crippen LogP contribution in [0.2, 0.25) is 0 Å². The predicted molar refractivity (Wildman–Crippen MR) is 120 cm³/mol. The van der Waals surface area contributed by atoms with Crippen LogP contribution in [0.15, 0.2) is 77.9 Å². The molecule has 0 bridgehead atoms. The summed E-state index contributed by atoms with van der Waals surface area (Å²) in [5.41, 5.74) is 5.18. The molecule has 162 valence electrons. The molecule has 3 aromatic rings. The minimum atomic E-state index is -0.982. The van der Waals surface area contributed by atoms with Gasteiger partial charge in [-0.15, -0.1) is 0 Å². The fraction of sp³-hybridized carbons (Fsp3) is 0.0833. The van der Waals surface area contributed by atoms with E-state index in [2.05, 4.69) is 15.8 Å². The number of rotatable bonds is 8. The number of carboxylic acids is 1. The van der Waals surface area contributed by atoms with Crippen molar-refractivity contribution in [3.05, 3.63) is 95.1 Å². The molecule has 0 saturated carbocycles. The Labute approximate surface area is 184 Å². The van der Waals surface area contributed by atoms with Gasteiger partial charge in [-0.2, -0.15) is 5.10 Å². The van der Waals surface area contributed by atoms with Gasteiger partial charge in [0.1, 0.15) is 12.4 Å². The summed E-state index contributed by atoms with van der Waals surface area (Å²) in [7, 11) is 0. The molecule has 0 fully saturated rings. The lowest BCUT2D eigenvalue weighted by atomic mass is 10.1. The Morgan fingerprint density at radius 1 is 0.969 bits per heavy atom. The third-order valence-corrected chi connectivity index (χ3v) is 4.31. The number of ether oxygens (including phenoxy) is 1. The number of hydrogen-bond donors (Lipinski definition) is 3. The molecule has 0 aliphatic heterocycles. The van der Waals surface area contributed by atoms with E-state index in [1.807, 2.05) is 0 Å². The number of nitrogens with zero attached hydrogens (tertiary/aromatic N) is 1. The van der Waals surface area contributed by atoms with Gasteiger partial charge >= 0.3 is 5.97 Å². The van der Waals surface area contributed by atoms with E-state index in [1.165, 1.54) is 19.2 Å². The Morgan fingerprint density at radius 3 is 2.34 bits per heavy atom. The predicted octanol–water partition coefficient (Wildman–Crippen LogP) is 3.69. The van der Waals surface area contributed by atoms with E-state index >= 15 is 0 Å². The van der Waals surface area contributed by atoms with Crippen LogP contribution in [0.3, 0.4) is 0 Å². The van der Waals surface area contributed by atoms with E-state index in [9.17, 15) is 14.4 Å². The maximum atomic E-state index is 12.1. The van der Waals surface area contributed by atoms with Crippen molar-refractivity contribution >= 4 is 29.7 Å². The van der Waals surface area contributed by atoms with Crippen molar-refractivity contribution < 1.29 is 24.2 Å². The van der Waals surface area contributed by atoms with Gasteiger partial charge in [0.05, 0.1) is 11.8 Å². The van der Waals surface area contributed by atoms with Gasteiger partial charge in [0, 0.05) is 18.2 Å². The molecular weight excluding hydrogens is 410 g/mol. The summed E-state index contributed by atoms with van der Waals surface area (Å²) in [4.78, 5) is 34.2. The standard InChI is InChI=1S/C24H21N3O5/c1-16(28)26-21-9-7-19(8-10-21)23(29)27-25-14-17-5-11-22(12-6-17)32-15-18-3-2-4-20(13-18)24(30)31/h2-14H,15H2,1H3,(H,26,28)(H,27,29)(H,30,31)/b25-14-. The van der Waals surface area contributed by atoms with Crippen molar-refractivity contribution in [3.8, 4) is 5.75 Å². The fourth-order valence-corrected chi connectivity index (χ4v) is 2.75. The molecule has 0 spiro atoms. The zero-order valence-corrected chi connectivity index (χ0v) is 17.2. The van der Waals surface area contributed by atoms with Crippen molar-refractivity contribution in [1.29, 1.82) is 0 Å². The van der Waals surface area contributed by atoms with Gasteiger partial charge in [-0.1, -0.05) is 12.1 Å². The number of amides is 2. The number of carbonyl (C=O) groups is 3. The maximum Gasteiger partial charge on any atom is 0.335 e. The number of anilines is 1. The molecule has 32 heavy (non-hydrogen) atoms. The maximum absolute atomic E-state index is 12.1. The topological polar surface area (TPSA) is 117 Å². The van der Waals surface area contributed by atoms with Crippen LogP contribution in [0.4, 0.5) is 5.69 Å². The highest BCUT2D eigenvalue weighted by Crippen LogP contribution is 2.14. The van der Waals surface area contributed by atoms with Gasteiger partial charge in [0.2, 0.25) is 5.91 Å². The van der Waals surface area contributed by atoms with Crippen molar-refractivity contribution in [2.75, 3.05) is 5.32 Å². The largest absolute Gasteiger partial charge is 0.489 e. The van der Waals surface area contributed by atoms with E-state index in [0.29, 0.717) is 17.0 Å². The first-order valence-corrected chi connectivity index (χ1v) is 9.67. The number of hydrogen-bond acceptors (Lipinski definition) is 5. The van der Waals surface area contributed by atoms with Crippen LogP contribution in [0.1, 0.15) is 38.8 Å². The van der Waals surface area contributed by atoms with Gasteiger partial charge < -0.3 is 15.2 Å². The second kappa shape index (κ2) is 10.5. The molecule has 0 unspecified atom stereocenters. The molecule has 0 radical (unpaired) electrons. The minimum Gasteiger partial charge on any atom is -0.489 e. The fourth-order valence-electron chi connectivity index (χ4n) is 2.75. The summed E-state index contributed by atoms with van der Waals surface area (Å²) in [6.07, 6.45) is 1.50. The lowest BCUT2D eigenvalue weighted by Crippen LogP contribution is -2.17. The zero-order valence-electron chi connectivity index (χ0n) is 17.2. The SMILES string of the molecule is CC(=O)Nc1ccc(C(=O)N/N=C\c2ccc(OCc3cccc(C(=O)O)c3)cc2)cc1. The molecule has 3 N–H and O–H groups in total. The highest BCUT2D eigenvalue weighted by atomic mass is 16.5. The molecule has 3 aromatic carbocycles. The zero-order chi connectivity index (χ0) is 22.9. The summed E-state index contributed by atoms with van der Waals surface area (Å²) in [5, 5.41) is 15.6. The molecule has 0 heterocycles. The van der Waals surface area contributed by atoms with Crippen LogP contribution in [-0.4, -0.2) is 29.1 Å². The number of aromatic carboxylic acids is 1. The molecule has 2 amide bonds. The number of carboxylic acid groups (broad SMARTS) is 1. The summed E-state index contributed by atoms with van der Waals surface area (Å²) < 4.78 is 5.68. The second-order valence-electron chi connectivity index (χ2n) is 6.82. The van der Waals surface area contributed by atoms with E-state index in [4.69, 9.17) is 9.84 Å². The Bertz CT molecular complexity index is 1140. The average Bonchev–Trinajstić information content (AvgIpc) is 2.79. The lowest BCUT2D eigenvalue weighted by molar-refractivity contribution is -0.114. The summed E-state index contributed by atoms with van der Waals surface area (Å²) >= 11 is 0. The smallest absolute Gasteiger partial charge is 0.335 e. The van der Waals surface area contributed by atoms with Gasteiger partial charge in [-0.3, -0.25) is 9.59 Å². The van der Waals surface area contributed by atoms with Crippen molar-refractivity contribution in [2.24, 2.45) is 5.10 Å². The minimum absolute atomic E-state index is 0.185. The molecule has 0 aliphatic carbocycles. The van der Waals surface area contributed by atoms with Crippen LogP contribution in [0, 0.1) is 0 Å². The van der Waals surface area contributed by atoms with Gasteiger partial charge in [-0.25, -0.2) is 10.2 Å². The highest BCUT2D eigenvalue weighted by molar-refractivity contribution is 5.96. The number of carbonyl (C=O) groups excluding carboxylic acids is 2. The van der Waals surface area contributed by atoms with Gasteiger partial charge in [0.25, 0.3) is 5.91 Å². The van der Waals surface area contributed by atoms with Crippen LogP contribution < -0.4 is 15.5 Å². The van der Waals surface area contributed by atoms with Crippen LogP contribution >= 0.6 is 0 Å². The quantitative estimate of drug-likeness (QED) is 0.371. The summed E-state index contributed by atoms with van der Waals surface area (Å²) in [6, 6.07) is 20.1. The molecule has 0 aromatic heterocycles. The monoisotopic (exact) mass is 431 g/mol. The summed E-state index contributed by atoms with van der Waals surface area (Å²) in [6.45, 7) is 1.65. The first-order chi connectivity index (χ1) is 15.4. The van der Waals surface area contributed by atoms with E-state index in [1.54, 1.807) is 66.7 Å².